The molecule has 1 aromatic heterocycles. The van der Waals surface area contributed by atoms with Crippen molar-refractivity contribution in [2.75, 3.05) is 0 Å². The molecule has 1 aromatic carbocycles. The van der Waals surface area contributed by atoms with Crippen LogP contribution in [0.25, 0.3) is 0 Å². The van der Waals surface area contributed by atoms with Gasteiger partial charge in [0.25, 0.3) is 0 Å². The summed E-state index contributed by atoms with van der Waals surface area (Å²) in [6.45, 7) is 0.0911. The first-order valence-electron chi connectivity index (χ1n) is 7.07. The van der Waals surface area contributed by atoms with E-state index in [9.17, 15) is 0 Å². The van der Waals surface area contributed by atoms with E-state index in [0.717, 1.165) is 28.3 Å². The lowest BCUT2D eigenvalue weighted by Crippen LogP contribution is -1.99. The lowest BCUT2D eigenvalue weighted by molar-refractivity contribution is 0.282. The maximum absolute atomic E-state index is 9.08. The zero-order chi connectivity index (χ0) is 13.8. The summed E-state index contributed by atoms with van der Waals surface area (Å²) >= 11 is 1.70. The third-order valence-corrected chi connectivity index (χ3v) is 4.71. The van der Waals surface area contributed by atoms with Crippen LogP contribution < -0.4 is 0 Å². The van der Waals surface area contributed by atoms with Crippen LogP contribution in [-0.4, -0.2) is 15.1 Å². The molecule has 1 heterocycles. The summed E-state index contributed by atoms with van der Waals surface area (Å²) in [7, 11) is 0. The first kappa shape index (κ1) is 13.6. The van der Waals surface area contributed by atoms with Crippen LogP contribution in [0, 0.1) is 0 Å². The van der Waals surface area contributed by atoms with Gasteiger partial charge in [-0.15, -0.1) is 0 Å². The minimum absolute atomic E-state index is 0.0911. The molecule has 0 aliphatic heterocycles. The Balaban J connectivity index is 1.86. The van der Waals surface area contributed by atoms with E-state index in [0.29, 0.717) is 0 Å². The second-order valence-electron chi connectivity index (χ2n) is 5.07. The van der Waals surface area contributed by atoms with Gasteiger partial charge in [0.05, 0.1) is 6.61 Å². The Morgan fingerprint density at radius 3 is 2.60 bits per heavy atom. The second kappa shape index (κ2) is 6.37. The predicted molar refractivity (Wildman–Crippen MR) is 79.8 cm³/mol. The topological polar surface area (TPSA) is 46.0 Å². The Morgan fingerprint density at radius 1 is 1.00 bits per heavy atom. The Kier molecular flexibility index (Phi) is 4.33. The van der Waals surface area contributed by atoms with Crippen LogP contribution in [-0.2, 0) is 19.4 Å². The molecule has 0 amide bonds. The van der Waals surface area contributed by atoms with Crippen molar-refractivity contribution in [1.29, 1.82) is 0 Å². The summed E-state index contributed by atoms with van der Waals surface area (Å²) in [6, 6.07) is 8.01. The van der Waals surface area contributed by atoms with Gasteiger partial charge in [0.15, 0.2) is 0 Å². The molecule has 3 rings (SSSR count). The monoisotopic (exact) mass is 286 g/mol. The van der Waals surface area contributed by atoms with Crippen LogP contribution in [0.2, 0.25) is 0 Å². The van der Waals surface area contributed by atoms with E-state index < -0.39 is 0 Å². The van der Waals surface area contributed by atoms with E-state index in [1.807, 2.05) is 24.3 Å². The first-order chi connectivity index (χ1) is 9.86. The van der Waals surface area contributed by atoms with Crippen LogP contribution in [0.5, 0.6) is 0 Å². The Morgan fingerprint density at radius 2 is 1.80 bits per heavy atom. The maximum atomic E-state index is 9.08. The molecule has 20 heavy (non-hydrogen) atoms. The van der Waals surface area contributed by atoms with Crippen molar-refractivity contribution >= 4 is 11.8 Å². The third kappa shape index (κ3) is 3.02. The van der Waals surface area contributed by atoms with E-state index in [2.05, 4.69) is 9.97 Å². The van der Waals surface area contributed by atoms with Gasteiger partial charge in [-0.1, -0.05) is 30.3 Å². The van der Waals surface area contributed by atoms with Gasteiger partial charge in [0, 0.05) is 16.2 Å². The number of nitrogens with zero attached hydrogens (tertiary/aromatic N) is 2. The third-order valence-electron chi connectivity index (χ3n) is 3.66. The molecular formula is C16H18N2OS. The van der Waals surface area contributed by atoms with Crippen LogP contribution >= 0.6 is 11.8 Å². The average Bonchev–Trinajstić information content (AvgIpc) is 2.74. The molecule has 0 atom stereocenters. The molecule has 3 nitrogen and oxygen atoms in total. The zero-order valence-electron chi connectivity index (χ0n) is 11.4. The van der Waals surface area contributed by atoms with Crippen molar-refractivity contribution < 1.29 is 5.11 Å². The highest BCUT2D eigenvalue weighted by atomic mass is 32.2. The smallest absolute Gasteiger partial charge is 0.117 e. The highest BCUT2D eigenvalue weighted by molar-refractivity contribution is 7.99. The summed E-state index contributed by atoms with van der Waals surface area (Å²) in [4.78, 5) is 10.1. The quantitative estimate of drug-likeness (QED) is 0.694. The molecule has 1 aliphatic carbocycles. The summed E-state index contributed by atoms with van der Waals surface area (Å²) in [6.07, 6.45) is 7.61. The summed E-state index contributed by atoms with van der Waals surface area (Å²) in [5, 5.41) is 10.2. The SMILES string of the molecule is OCc1ccc(Sc2ncnc3c2CCCCC3)cc1. The fourth-order valence-electron chi connectivity index (χ4n) is 2.53. The van der Waals surface area contributed by atoms with Gasteiger partial charge in [-0.3, -0.25) is 0 Å². The van der Waals surface area contributed by atoms with E-state index in [1.54, 1.807) is 18.1 Å². The number of aromatic nitrogens is 2. The van der Waals surface area contributed by atoms with Crippen molar-refractivity contribution in [1.82, 2.24) is 9.97 Å². The number of aliphatic hydroxyl groups excluding tert-OH is 1. The number of benzene rings is 1. The zero-order valence-corrected chi connectivity index (χ0v) is 12.2. The largest absolute Gasteiger partial charge is 0.392 e. The van der Waals surface area contributed by atoms with Gasteiger partial charge in [-0.2, -0.15) is 0 Å². The number of hydrogen-bond acceptors (Lipinski definition) is 4. The first-order valence-corrected chi connectivity index (χ1v) is 7.89. The number of aryl methyl sites for hydroxylation is 1. The van der Waals surface area contributed by atoms with Crippen LogP contribution in [0.4, 0.5) is 0 Å². The van der Waals surface area contributed by atoms with Gasteiger partial charge in [-0.25, -0.2) is 9.97 Å². The maximum Gasteiger partial charge on any atom is 0.117 e. The molecule has 0 saturated carbocycles. The van der Waals surface area contributed by atoms with Crippen molar-refractivity contribution in [2.45, 2.75) is 48.6 Å². The molecule has 2 aromatic rings. The Bertz CT molecular complexity index is 584. The molecule has 1 aliphatic rings. The molecule has 0 bridgehead atoms. The van der Waals surface area contributed by atoms with E-state index in [4.69, 9.17) is 5.11 Å². The average molecular weight is 286 g/mol. The second-order valence-corrected chi connectivity index (χ2v) is 6.13. The fraction of sp³-hybridized carbons (Fsp3) is 0.375. The molecule has 0 spiro atoms. The number of rotatable bonds is 3. The molecule has 1 N–H and O–H groups in total. The molecule has 0 fully saturated rings. The highest BCUT2D eigenvalue weighted by Gasteiger charge is 2.15. The molecule has 104 valence electrons. The molecule has 0 radical (unpaired) electrons. The van der Waals surface area contributed by atoms with Gasteiger partial charge in [0.2, 0.25) is 0 Å². The van der Waals surface area contributed by atoms with Gasteiger partial charge in [0.1, 0.15) is 11.4 Å². The lowest BCUT2D eigenvalue weighted by atomic mass is 10.1. The predicted octanol–water partition coefficient (Wildman–Crippen LogP) is 3.39. The van der Waals surface area contributed by atoms with Crippen molar-refractivity contribution in [2.24, 2.45) is 0 Å². The lowest BCUT2D eigenvalue weighted by Gasteiger charge is -2.10. The van der Waals surface area contributed by atoms with Crippen LogP contribution in [0.15, 0.2) is 40.5 Å². The number of fused-ring (bicyclic) bond motifs is 1. The Hall–Kier alpha value is -1.39. The minimum atomic E-state index is 0.0911. The van der Waals surface area contributed by atoms with Crippen molar-refractivity contribution in [3.8, 4) is 0 Å². The van der Waals surface area contributed by atoms with Crippen molar-refractivity contribution in [3.05, 3.63) is 47.4 Å². The molecule has 4 heteroatoms. The minimum Gasteiger partial charge on any atom is -0.392 e. The summed E-state index contributed by atoms with van der Waals surface area (Å²) in [5.74, 6) is 0. The fourth-order valence-corrected chi connectivity index (χ4v) is 3.47. The molecular weight excluding hydrogens is 268 g/mol. The van der Waals surface area contributed by atoms with E-state index >= 15 is 0 Å². The molecule has 0 saturated heterocycles. The Labute approximate surface area is 123 Å². The van der Waals surface area contributed by atoms with E-state index in [1.165, 1.54) is 30.5 Å². The van der Waals surface area contributed by atoms with E-state index in [-0.39, 0.29) is 6.61 Å². The van der Waals surface area contributed by atoms with Crippen LogP contribution in [0.3, 0.4) is 0 Å². The summed E-state index contributed by atoms with van der Waals surface area (Å²) < 4.78 is 0. The molecule has 0 unspecified atom stereocenters. The number of aliphatic hydroxyl groups is 1. The normalized spacial score (nSPS) is 14.7. The van der Waals surface area contributed by atoms with Gasteiger partial charge < -0.3 is 5.11 Å². The van der Waals surface area contributed by atoms with Gasteiger partial charge >= 0.3 is 0 Å². The van der Waals surface area contributed by atoms with Gasteiger partial charge in [-0.05, 0) is 43.4 Å². The standard InChI is InChI=1S/C16H18N2OS/c19-10-12-6-8-13(9-7-12)20-16-14-4-2-1-3-5-15(14)17-11-18-16/h6-9,11,19H,1-5,10H2. The van der Waals surface area contributed by atoms with Crippen molar-refractivity contribution in [3.63, 3.8) is 0 Å². The van der Waals surface area contributed by atoms with Crippen LogP contribution in [0.1, 0.15) is 36.1 Å². The number of hydrogen-bond donors (Lipinski definition) is 1. The summed E-state index contributed by atoms with van der Waals surface area (Å²) in [5.41, 5.74) is 3.50. The highest BCUT2D eigenvalue weighted by Crippen LogP contribution is 2.32.